The molecule has 2 atom stereocenters. The second-order valence-corrected chi connectivity index (χ2v) is 8.97. The minimum atomic E-state index is -3.07. The summed E-state index contributed by atoms with van der Waals surface area (Å²) in [6.07, 6.45) is 2.97. The second kappa shape index (κ2) is 8.91. The molecule has 0 aliphatic carbocycles. The van der Waals surface area contributed by atoms with Gasteiger partial charge in [0.05, 0.1) is 19.7 Å². The van der Waals surface area contributed by atoms with E-state index in [0.29, 0.717) is 23.4 Å². The molecule has 4 rings (SSSR count). The van der Waals surface area contributed by atoms with Crippen LogP contribution in [0, 0.1) is 11.6 Å². The smallest absolute Gasteiger partial charge is 0.257 e. The Hall–Kier alpha value is -3.13. The number of halogens is 4. The first kappa shape index (κ1) is 24.0. The summed E-state index contributed by atoms with van der Waals surface area (Å²) in [6, 6.07) is 6.17. The van der Waals surface area contributed by atoms with Crippen LogP contribution >= 0.6 is 0 Å². The predicted molar refractivity (Wildman–Crippen MR) is 123 cm³/mol. The van der Waals surface area contributed by atoms with Crippen LogP contribution in [0.15, 0.2) is 36.4 Å². The fraction of sp³-hybridized carbons (Fsp3) is 0.346. The Morgan fingerprint density at radius 1 is 1.24 bits per heavy atom. The Bertz CT molecular complexity index is 1250. The van der Waals surface area contributed by atoms with E-state index in [9.17, 15) is 13.6 Å². The zero-order chi connectivity index (χ0) is 24.8. The number of nitrogens with zero attached hydrogens (tertiary/aromatic N) is 1. The first-order valence-electron chi connectivity index (χ1n) is 11.0. The van der Waals surface area contributed by atoms with E-state index in [2.05, 4.69) is 4.98 Å². The number of allylic oxidation sites excluding steroid dienone is 1. The van der Waals surface area contributed by atoms with Crippen molar-refractivity contribution in [3.05, 3.63) is 70.4 Å². The van der Waals surface area contributed by atoms with E-state index in [1.54, 1.807) is 19.1 Å². The maximum Gasteiger partial charge on any atom is 0.257 e. The first-order chi connectivity index (χ1) is 16.0. The van der Waals surface area contributed by atoms with Crippen LogP contribution in [-0.2, 0) is 11.2 Å². The largest absolute Gasteiger partial charge is 0.497 e. The topological polar surface area (TPSA) is 45.3 Å². The van der Waals surface area contributed by atoms with Crippen molar-refractivity contribution < 1.29 is 27.1 Å². The summed E-state index contributed by atoms with van der Waals surface area (Å²) in [4.78, 5) is 15.9. The number of alkyl halides is 2. The third-order valence-corrected chi connectivity index (χ3v) is 6.16. The fourth-order valence-corrected chi connectivity index (χ4v) is 4.72. The molecular formula is C26H26F4N2O2. The van der Waals surface area contributed by atoms with Gasteiger partial charge < -0.3 is 9.72 Å². The summed E-state index contributed by atoms with van der Waals surface area (Å²) >= 11 is 0. The molecule has 4 nitrogen and oxygen atoms in total. The molecule has 1 N–H and O–H groups in total. The zero-order valence-electron chi connectivity index (χ0n) is 19.4. The lowest BCUT2D eigenvalue weighted by Crippen LogP contribution is -2.47. The number of carbonyl (C=O) groups is 1. The van der Waals surface area contributed by atoms with Gasteiger partial charge >= 0.3 is 0 Å². The number of carbonyl (C=O) groups excluding carboxylic acids is 1. The van der Waals surface area contributed by atoms with Crippen LogP contribution in [0.4, 0.5) is 17.6 Å². The van der Waals surface area contributed by atoms with Crippen molar-refractivity contribution in [3.8, 4) is 5.75 Å². The van der Waals surface area contributed by atoms with E-state index < -0.39 is 36.2 Å². The summed E-state index contributed by atoms with van der Waals surface area (Å²) in [7, 11) is 1.53. The number of H-pyrrole nitrogens is 1. The molecule has 3 aromatic rings. The predicted octanol–water partition coefficient (Wildman–Crippen LogP) is 6.05. The number of aromatic nitrogens is 1. The van der Waals surface area contributed by atoms with E-state index >= 15 is 8.78 Å². The van der Waals surface area contributed by atoms with Gasteiger partial charge in [0.1, 0.15) is 17.4 Å². The quantitative estimate of drug-likeness (QED) is 0.350. The molecule has 0 saturated heterocycles. The van der Waals surface area contributed by atoms with E-state index in [-0.39, 0.29) is 16.9 Å². The minimum Gasteiger partial charge on any atom is -0.497 e. The maximum absolute atomic E-state index is 15.4. The number of methoxy groups -OCH3 is 1. The molecule has 1 aromatic heterocycles. The summed E-state index contributed by atoms with van der Waals surface area (Å²) in [5.41, 5.74) is 1.89. The molecule has 0 saturated carbocycles. The van der Waals surface area contributed by atoms with Gasteiger partial charge in [-0.3, -0.25) is 9.69 Å². The Kier molecular flexibility index (Phi) is 6.29. The van der Waals surface area contributed by atoms with Crippen LogP contribution in [0.25, 0.3) is 17.0 Å². The highest BCUT2D eigenvalue weighted by Crippen LogP contribution is 2.44. The molecule has 2 heterocycles. The lowest BCUT2D eigenvalue weighted by Gasteiger charge is -2.42. The summed E-state index contributed by atoms with van der Waals surface area (Å²) in [5.74, 6) is -4.47. The molecule has 8 heteroatoms. The van der Waals surface area contributed by atoms with Gasteiger partial charge in [0.15, 0.2) is 5.78 Å². The first-order valence-corrected chi connectivity index (χ1v) is 11.0. The van der Waals surface area contributed by atoms with E-state index in [0.717, 1.165) is 30.0 Å². The van der Waals surface area contributed by atoms with Crippen molar-refractivity contribution in [2.45, 2.75) is 45.2 Å². The molecule has 2 aromatic carbocycles. The Morgan fingerprint density at radius 3 is 2.50 bits per heavy atom. The average Bonchev–Trinajstić information content (AvgIpc) is 3.10. The number of benzene rings is 2. The molecular weight excluding hydrogens is 448 g/mol. The third-order valence-electron chi connectivity index (χ3n) is 6.16. The highest BCUT2D eigenvalue weighted by atomic mass is 19.3. The number of hydrogen-bond acceptors (Lipinski definition) is 3. The summed E-state index contributed by atoms with van der Waals surface area (Å²) in [6.45, 7) is 3.24. The SMILES string of the molecule is COc1ccc2c3c([nH]c2c1)C(c1c(F)cc(/C=C/C(C)=O)cc1F)N(CC(C)(F)F)C(C)C3. The number of ketones is 1. The molecule has 0 spiro atoms. The highest BCUT2D eigenvalue weighted by molar-refractivity contribution is 5.91. The van der Waals surface area contributed by atoms with Gasteiger partial charge in [-0.15, -0.1) is 0 Å². The Balaban J connectivity index is 1.93. The van der Waals surface area contributed by atoms with Crippen LogP contribution in [0.3, 0.4) is 0 Å². The molecule has 0 fully saturated rings. The van der Waals surface area contributed by atoms with Crippen molar-refractivity contribution in [1.82, 2.24) is 9.88 Å². The molecule has 1 aliphatic rings. The van der Waals surface area contributed by atoms with Crippen molar-refractivity contribution in [2.24, 2.45) is 0 Å². The average molecular weight is 474 g/mol. The zero-order valence-corrected chi connectivity index (χ0v) is 19.4. The van der Waals surface area contributed by atoms with Gasteiger partial charge in [-0.05, 0) is 61.7 Å². The van der Waals surface area contributed by atoms with Gasteiger partial charge in [-0.25, -0.2) is 17.6 Å². The molecule has 0 radical (unpaired) electrons. The maximum atomic E-state index is 15.4. The third kappa shape index (κ3) is 4.59. The van der Waals surface area contributed by atoms with Crippen molar-refractivity contribution >= 4 is 22.8 Å². The van der Waals surface area contributed by atoms with E-state index in [1.165, 1.54) is 31.1 Å². The highest BCUT2D eigenvalue weighted by Gasteiger charge is 2.42. The van der Waals surface area contributed by atoms with Gasteiger partial charge in [0.2, 0.25) is 0 Å². The molecule has 0 amide bonds. The van der Waals surface area contributed by atoms with E-state index in [4.69, 9.17) is 4.74 Å². The molecule has 0 bridgehead atoms. The van der Waals surface area contributed by atoms with E-state index in [1.807, 2.05) is 6.07 Å². The van der Waals surface area contributed by atoms with Crippen molar-refractivity contribution in [2.75, 3.05) is 13.7 Å². The second-order valence-electron chi connectivity index (χ2n) is 8.97. The standard InChI is InChI=1S/C26H26F4N2O2/c1-14-9-19-18-8-7-17(34-4)12-22(18)31-24(19)25(32(14)13-26(3,29)30)23-20(27)10-16(11-21(23)28)6-5-15(2)33/h5-8,10-12,14,25,31H,9,13H2,1-4H3/b6-5+. The lowest BCUT2D eigenvalue weighted by atomic mass is 9.87. The Morgan fingerprint density at radius 2 is 1.91 bits per heavy atom. The summed E-state index contributed by atoms with van der Waals surface area (Å²) < 4.78 is 64.5. The normalized spacial score (nSPS) is 19.1. The van der Waals surface area contributed by atoms with Gasteiger partial charge in [-0.1, -0.05) is 6.08 Å². The molecule has 1 aliphatic heterocycles. The van der Waals surface area contributed by atoms with Crippen LogP contribution in [0.2, 0.25) is 0 Å². The van der Waals surface area contributed by atoms with Crippen molar-refractivity contribution in [1.29, 1.82) is 0 Å². The van der Waals surface area contributed by atoms with Gasteiger partial charge in [0.25, 0.3) is 5.92 Å². The number of aromatic amines is 1. The lowest BCUT2D eigenvalue weighted by molar-refractivity contribution is -0.112. The van der Waals surface area contributed by atoms with Gasteiger partial charge in [0, 0.05) is 41.2 Å². The summed E-state index contributed by atoms with van der Waals surface area (Å²) in [5, 5.41) is 0.859. The molecule has 34 heavy (non-hydrogen) atoms. The van der Waals surface area contributed by atoms with Crippen molar-refractivity contribution in [3.63, 3.8) is 0 Å². The van der Waals surface area contributed by atoms with Crippen LogP contribution in [-0.4, -0.2) is 41.3 Å². The van der Waals surface area contributed by atoms with Crippen LogP contribution in [0.5, 0.6) is 5.75 Å². The number of hydrogen-bond donors (Lipinski definition) is 1. The number of ether oxygens (including phenoxy) is 1. The number of fused-ring (bicyclic) bond motifs is 3. The van der Waals surface area contributed by atoms with Gasteiger partial charge in [-0.2, -0.15) is 0 Å². The Labute approximate surface area is 195 Å². The molecule has 2 unspecified atom stereocenters. The molecule has 180 valence electrons. The van der Waals surface area contributed by atoms with Crippen LogP contribution in [0.1, 0.15) is 49.2 Å². The number of rotatable bonds is 6. The van der Waals surface area contributed by atoms with Crippen LogP contribution < -0.4 is 4.74 Å². The fourth-order valence-electron chi connectivity index (χ4n) is 4.72. The monoisotopic (exact) mass is 474 g/mol. The minimum absolute atomic E-state index is 0.173. The number of nitrogens with one attached hydrogen (secondary N) is 1.